The van der Waals surface area contributed by atoms with Crippen LogP contribution < -0.4 is 10.9 Å². The minimum absolute atomic E-state index is 0.0324. The second-order valence-electron chi connectivity index (χ2n) is 4.35. The first-order valence-electron chi connectivity index (χ1n) is 6.15. The van der Waals surface area contributed by atoms with Crippen molar-refractivity contribution in [2.75, 3.05) is 11.9 Å². The number of aryl methyl sites for hydroxylation is 1. The van der Waals surface area contributed by atoms with Crippen molar-refractivity contribution >= 4 is 21.7 Å². The zero-order valence-corrected chi connectivity index (χ0v) is 12.6. The zero-order valence-electron chi connectivity index (χ0n) is 11.0. The Morgan fingerprint density at radius 3 is 2.95 bits per heavy atom. The number of anilines is 1. The molecule has 1 N–H and O–H groups in total. The average Bonchev–Trinajstić information content (AvgIpc) is 2.36. The van der Waals surface area contributed by atoms with Crippen molar-refractivity contribution in [1.82, 2.24) is 9.55 Å². The highest BCUT2D eigenvalue weighted by Gasteiger charge is 2.04. The van der Waals surface area contributed by atoms with Crippen LogP contribution >= 0.6 is 15.9 Å². The van der Waals surface area contributed by atoms with Gasteiger partial charge in [-0.25, -0.2) is 4.98 Å². The summed E-state index contributed by atoms with van der Waals surface area (Å²) in [6, 6.07) is 5.71. The van der Waals surface area contributed by atoms with E-state index in [0.29, 0.717) is 6.54 Å². The van der Waals surface area contributed by atoms with E-state index in [9.17, 15) is 4.79 Å². The highest BCUT2D eigenvalue weighted by atomic mass is 79.9. The van der Waals surface area contributed by atoms with E-state index in [2.05, 4.69) is 26.2 Å². The van der Waals surface area contributed by atoms with Gasteiger partial charge >= 0.3 is 0 Å². The fourth-order valence-corrected chi connectivity index (χ4v) is 2.49. The van der Waals surface area contributed by atoms with Gasteiger partial charge in [0, 0.05) is 29.0 Å². The van der Waals surface area contributed by atoms with Gasteiger partial charge in [0.1, 0.15) is 5.82 Å². The summed E-state index contributed by atoms with van der Waals surface area (Å²) in [4.78, 5) is 16.3. The summed E-state index contributed by atoms with van der Waals surface area (Å²) in [6.07, 6.45) is 3.56. The molecule has 19 heavy (non-hydrogen) atoms. The first kappa shape index (κ1) is 13.8. The second-order valence-corrected chi connectivity index (χ2v) is 5.27. The summed E-state index contributed by atoms with van der Waals surface area (Å²) < 4.78 is 2.61. The normalized spacial score (nSPS) is 10.5. The minimum atomic E-state index is 0.0324. The Labute approximate surface area is 120 Å². The van der Waals surface area contributed by atoms with Gasteiger partial charge in [-0.3, -0.25) is 4.79 Å². The smallest absolute Gasteiger partial charge is 0.253 e. The monoisotopic (exact) mass is 321 g/mol. The van der Waals surface area contributed by atoms with Crippen molar-refractivity contribution in [3.63, 3.8) is 0 Å². The van der Waals surface area contributed by atoms with Crippen molar-refractivity contribution < 1.29 is 0 Å². The SMILES string of the molecule is CCNc1cc(Cn2cc(Br)cc(C)c2=O)ccn1. The Balaban J connectivity index is 2.31. The molecule has 0 fully saturated rings. The van der Waals surface area contributed by atoms with Crippen LogP contribution in [0.1, 0.15) is 18.1 Å². The van der Waals surface area contributed by atoms with Crippen LogP contribution in [0.25, 0.3) is 0 Å². The van der Waals surface area contributed by atoms with Gasteiger partial charge in [0.25, 0.3) is 5.56 Å². The molecule has 100 valence electrons. The largest absolute Gasteiger partial charge is 0.370 e. The van der Waals surface area contributed by atoms with Crippen LogP contribution in [0, 0.1) is 6.92 Å². The van der Waals surface area contributed by atoms with Crippen LogP contribution in [-0.2, 0) is 6.54 Å². The fraction of sp³-hybridized carbons (Fsp3) is 0.286. The fourth-order valence-electron chi connectivity index (χ4n) is 1.90. The first-order valence-corrected chi connectivity index (χ1v) is 6.95. The molecular formula is C14H16BrN3O. The highest BCUT2D eigenvalue weighted by Crippen LogP contribution is 2.11. The number of nitrogens with zero attached hydrogens (tertiary/aromatic N) is 2. The van der Waals surface area contributed by atoms with Crippen molar-refractivity contribution in [3.8, 4) is 0 Å². The van der Waals surface area contributed by atoms with Crippen LogP contribution in [0.5, 0.6) is 0 Å². The molecular weight excluding hydrogens is 306 g/mol. The molecule has 0 saturated heterocycles. The topological polar surface area (TPSA) is 46.9 Å². The quantitative estimate of drug-likeness (QED) is 0.941. The highest BCUT2D eigenvalue weighted by molar-refractivity contribution is 9.10. The molecule has 0 radical (unpaired) electrons. The number of aromatic nitrogens is 2. The molecule has 0 aliphatic rings. The van der Waals surface area contributed by atoms with Crippen molar-refractivity contribution in [3.05, 3.63) is 56.5 Å². The Bertz CT molecular complexity index is 637. The predicted molar refractivity (Wildman–Crippen MR) is 80.6 cm³/mol. The number of pyridine rings is 2. The van der Waals surface area contributed by atoms with Crippen molar-refractivity contribution in [2.24, 2.45) is 0 Å². The van der Waals surface area contributed by atoms with E-state index >= 15 is 0 Å². The number of nitrogens with one attached hydrogen (secondary N) is 1. The lowest BCUT2D eigenvalue weighted by Crippen LogP contribution is -2.22. The van der Waals surface area contributed by atoms with E-state index in [1.165, 1.54) is 0 Å². The molecule has 5 heteroatoms. The van der Waals surface area contributed by atoms with E-state index < -0.39 is 0 Å². The summed E-state index contributed by atoms with van der Waals surface area (Å²) in [7, 11) is 0. The summed E-state index contributed by atoms with van der Waals surface area (Å²) in [5.41, 5.74) is 1.81. The molecule has 2 heterocycles. The average molecular weight is 322 g/mol. The van der Waals surface area contributed by atoms with Gasteiger partial charge in [0.05, 0.1) is 6.54 Å². The summed E-state index contributed by atoms with van der Waals surface area (Å²) in [6.45, 7) is 5.21. The number of rotatable bonds is 4. The van der Waals surface area contributed by atoms with E-state index in [1.807, 2.05) is 38.2 Å². The van der Waals surface area contributed by atoms with Gasteiger partial charge in [-0.1, -0.05) is 0 Å². The van der Waals surface area contributed by atoms with Gasteiger partial charge < -0.3 is 9.88 Å². The van der Waals surface area contributed by atoms with E-state index in [1.54, 1.807) is 10.8 Å². The van der Waals surface area contributed by atoms with Crippen LogP contribution in [-0.4, -0.2) is 16.1 Å². The minimum Gasteiger partial charge on any atom is -0.370 e. The van der Waals surface area contributed by atoms with Crippen LogP contribution in [0.4, 0.5) is 5.82 Å². The summed E-state index contributed by atoms with van der Waals surface area (Å²) >= 11 is 3.42. The zero-order chi connectivity index (χ0) is 13.8. The third-order valence-corrected chi connectivity index (χ3v) is 3.20. The molecule has 2 aromatic heterocycles. The number of hydrogen-bond acceptors (Lipinski definition) is 3. The molecule has 0 amide bonds. The lowest BCUT2D eigenvalue weighted by atomic mass is 10.2. The molecule has 0 aliphatic heterocycles. The Kier molecular flexibility index (Phi) is 4.37. The maximum absolute atomic E-state index is 12.0. The van der Waals surface area contributed by atoms with E-state index in [-0.39, 0.29) is 5.56 Å². The lowest BCUT2D eigenvalue weighted by molar-refractivity contribution is 0.748. The maximum atomic E-state index is 12.0. The second kappa shape index (κ2) is 6.02. The van der Waals surface area contributed by atoms with Gasteiger partial charge in [0.15, 0.2) is 0 Å². The number of hydrogen-bond donors (Lipinski definition) is 1. The van der Waals surface area contributed by atoms with E-state index in [0.717, 1.165) is 28.0 Å². The lowest BCUT2D eigenvalue weighted by Gasteiger charge is -2.09. The van der Waals surface area contributed by atoms with Gasteiger partial charge in [-0.2, -0.15) is 0 Å². The molecule has 0 unspecified atom stereocenters. The Hall–Kier alpha value is -1.62. The van der Waals surface area contributed by atoms with Gasteiger partial charge in [0.2, 0.25) is 0 Å². The maximum Gasteiger partial charge on any atom is 0.253 e. The Morgan fingerprint density at radius 2 is 2.21 bits per heavy atom. The number of halogens is 1. The Morgan fingerprint density at radius 1 is 1.42 bits per heavy atom. The van der Waals surface area contributed by atoms with Gasteiger partial charge in [-0.15, -0.1) is 0 Å². The molecule has 0 aromatic carbocycles. The molecule has 4 nitrogen and oxygen atoms in total. The van der Waals surface area contributed by atoms with E-state index in [4.69, 9.17) is 0 Å². The first-order chi connectivity index (χ1) is 9.10. The molecule has 0 atom stereocenters. The molecule has 0 bridgehead atoms. The third-order valence-electron chi connectivity index (χ3n) is 2.77. The third kappa shape index (κ3) is 3.44. The molecule has 0 saturated carbocycles. The predicted octanol–water partition coefficient (Wildman–Crippen LogP) is 2.79. The summed E-state index contributed by atoms with van der Waals surface area (Å²) in [5.74, 6) is 0.833. The molecule has 2 rings (SSSR count). The van der Waals surface area contributed by atoms with Gasteiger partial charge in [-0.05, 0) is 53.5 Å². The molecule has 2 aromatic rings. The van der Waals surface area contributed by atoms with Crippen LogP contribution in [0.2, 0.25) is 0 Å². The van der Waals surface area contributed by atoms with Crippen molar-refractivity contribution in [2.45, 2.75) is 20.4 Å². The molecule has 0 spiro atoms. The van der Waals surface area contributed by atoms with Crippen LogP contribution in [0.15, 0.2) is 39.9 Å². The summed E-state index contributed by atoms with van der Waals surface area (Å²) in [5, 5.41) is 3.16. The molecule has 0 aliphatic carbocycles. The van der Waals surface area contributed by atoms with Crippen LogP contribution in [0.3, 0.4) is 0 Å². The standard InChI is InChI=1S/C14H16BrN3O/c1-3-16-13-7-11(4-5-17-13)8-18-9-12(15)6-10(2)14(18)19/h4-7,9H,3,8H2,1-2H3,(H,16,17). The van der Waals surface area contributed by atoms with Crippen molar-refractivity contribution in [1.29, 1.82) is 0 Å².